The van der Waals surface area contributed by atoms with Gasteiger partial charge in [-0.05, 0) is 50.1 Å². The SMILES string of the molecule is C=CCC/C=C/CCOc1ccc2cc(CC/C=C/C)oc(=O)c2c1F. The van der Waals surface area contributed by atoms with Gasteiger partial charge in [0.25, 0.3) is 0 Å². The van der Waals surface area contributed by atoms with Gasteiger partial charge in [0.1, 0.15) is 11.1 Å². The van der Waals surface area contributed by atoms with Crippen LogP contribution in [-0.4, -0.2) is 6.61 Å². The monoisotopic (exact) mass is 356 g/mol. The molecule has 1 aromatic carbocycles. The zero-order chi connectivity index (χ0) is 18.8. The van der Waals surface area contributed by atoms with Crippen LogP contribution >= 0.6 is 0 Å². The molecule has 0 radical (unpaired) electrons. The fourth-order valence-corrected chi connectivity index (χ4v) is 2.59. The highest BCUT2D eigenvalue weighted by atomic mass is 19.1. The van der Waals surface area contributed by atoms with Gasteiger partial charge >= 0.3 is 5.63 Å². The summed E-state index contributed by atoms with van der Waals surface area (Å²) in [6.45, 7) is 5.95. The number of hydrogen-bond acceptors (Lipinski definition) is 3. The molecule has 0 unspecified atom stereocenters. The molecular formula is C22H25FO3. The van der Waals surface area contributed by atoms with Crippen LogP contribution in [0.5, 0.6) is 5.75 Å². The number of aryl methyl sites for hydroxylation is 1. The van der Waals surface area contributed by atoms with E-state index in [-0.39, 0.29) is 11.1 Å². The molecule has 1 aromatic heterocycles. The maximum absolute atomic E-state index is 14.6. The molecule has 138 valence electrons. The third-order valence-corrected chi connectivity index (χ3v) is 3.92. The molecule has 0 aliphatic rings. The van der Waals surface area contributed by atoms with E-state index in [9.17, 15) is 9.18 Å². The van der Waals surface area contributed by atoms with E-state index in [1.54, 1.807) is 18.2 Å². The van der Waals surface area contributed by atoms with Gasteiger partial charge in [-0.2, -0.15) is 0 Å². The van der Waals surface area contributed by atoms with Gasteiger partial charge in [0.15, 0.2) is 11.6 Å². The van der Waals surface area contributed by atoms with Gasteiger partial charge in [0.05, 0.1) is 6.61 Å². The molecule has 0 bridgehead atoms. The second-order valence-corrected chi connectivity index (χ2v) is 5.92. The second kappa shape index (κ2) is 10.4. The average molecular weight is 356 g/mol. The van der Waals surface area contributed by atoms with Crippen molar-refractivity contribution in [2.24, 2.45) is 0 Å². The summed E-state index contributed by atoms with van der Waals surface area (Å²) >= 11 is 0. The first-order valence-corrected chi connectivity index (χ1v) is 8.92. The first-order chi connectivity index (χ1) is 12.7. The number of fused-ring (bicyclic) bond motifs is 1. The Balaban J connectivity index is 2.08. The minimum Gasteiger partial charge on any atom is -0.490 e. The van der Waals surface area contributed by atoms with E-state index in [0.717, 1.165) is 19.3 Å². The summed E-state index contributed by atoms with van der Waals surface area (Å²) in [6.07, 6.45) is 13.8. The first kappa shape index (κ1) is 19.7. The van der Waals surface area contributed by atoms with Crippen molar-refractivity contribution in [2.45, 2.75) is 39.0 Å². The summed E-state index contributed by atoms with van der Waals surface area (Å²) in [6, 6.07) is 4.98. The summed E-state index contributed by atoms with van der Waals surface area (Å²) in [4.78, 5) is 12.2. The normalized spacial score (nSPS) is 11.6. The zero-order valence-corrected chi connectivity index (χ0v) is 15.2. The Labute approximate surface area is 153 Å². The molecule has 0 amide bonds. The van der Waals surface area contributed by atoms with Crippen molar-refractivity contribution in [3.05, 3.63) is 77.2 Å². The van der Waals surface area contributed by atoms with Crippen molar-refractivity contribution in [2.75, 3.05) is 6.61 Å². The Morgan fingerprint density at radius 3 is 2.73 bits per heavy atom. The van der Waals surface area contributed by atoms with E-state index in [1.165, 1.54) is 0 Å². The van der Waals surface area contributed by atoms with E-state index < -0.39 is 11.4 Å². The minimum absolute atomic E-state index is 0.0567. The Morgan fingerprint density at radius 2 is 1.96 bits per heavy atom. The molecule has 3 nitrogen and oxygen atoms in total. The lowest BCUT2D eigenvalue weighted by Crippen LogP contribution is -2.06. The zero-order valence-electron chi connectivity index (χ0n) is 15.2. The molecule has 1 heterocycles. The van der Waals surface area contributed by atoms with Crippen LogP contribution in [0.2, 0.25) is 0 Å². The fraction of sp³-hybridized carbons (Fsp3) is 0.318. The van der Waals surface area contributed by atoms with E-state index in [2.05, 4.69) is 6.58 Å². The van der Waals surface area contributed by atoms with Gasteiger partial charge in [-0.1, -0.05) is 36.4 Å². The third kappa shape index (κ3) is 5.45. The molecule has 0 spiro atoms. The van der Waals surface area contributed by atoms with Crippen LogP contribution in [0.25, 0.3) is 10.8 Å². The molecule has 0 aliphatic heterocycles. The molecule has 0 fully saturated rings. The second-order valence-electron chi connectivity index (χ2n) is 5.92. The summed E-state index contributed by atoms with van der Waals surface area (Å²) in [5, 5.41) is 0.477. The van der Waals surface area contributed by atoms with Gasteiger partial charge in [-0.15, -0.1) is 6.58 Å². The highest BCUT2D eigenvalue weighted by Crippen LogP contribution is 2.25. The molecule has 26 heavy (non-hydrogen) atoms. The molecule has 4 heteroatoms. The number of rotatable bonds is 10. The number of allylic oxidation sites excluding steroid dienone is 4. The summed E-state index contributed by atoms with van der Waals surface area (Å²) in [5.41, 5.74) is -0.662. The Kier molecular flexibility index (Phi) is 7.87. The average Bonchev–Trinajstić information content (AvgIpc) is 2.62. The molecule has 0 N–H and O–H groups in total. The van der Waals surface area contributed by atoms with E-state index in [0.29, 0.717) is 30.6 Å². The van der Waals surface area contributed by atoms with Gasteiger partial charge in [0, 0.05) is 6.42 Å². The number of hydrogen-bond donors (Lipinski definition) is 0. The molecule has 0 saturated heterocycles. The molecular weight excluding hydrogens is 331 g/mol. The fourth-order valence-electron chi connectivity index (χ4n) is 2.59. The summed E-state index contributed by atoms with van der Waals surface area (Å²) in [5.74, 6) is -0.0313. The molecule has 0 atom stereocenters. The number of benzene rings is 1. The lowest BCUT2D eigenvalue weighted by atomic mass is 10.1. The lowest BCUT2D eigenvalue weighted by Gasteiger charge is -2.08. The van der Waals surface area contributed by atoms with Crippen molar-refractivity contribution in [1.82, 2.24) is 0 Å². The van der Waals surface area contributed by atoms with Crippen molar-refractivity contribution in [3.63, 3.8) is 0 Å². The number of ether oxygens (including phenoxy) is 1. The van der Waals surface area contributed by atoms with Crippen LogP contribution in [0.1, 0.15) is 38.4 Å². The summed E-state index contributed by atoms with van der Waals surface area (Å²) < 4.78 is 25.3. The van der Waals surface area contributed by atoms with Gasteiger partial charge in [-0.3, -0.25) is 0 Å². The maximum Gasteiger partial charge on any atom is 0.346 e. The standard InChI is InChI=1S/C22H25FO3/c1-3-5-7-8-9-11-15-25-19-14-13-17-16-18(12-10-6-4-2)26-22(24)20(17)21(19)23/h3-4,6,8-9,13-14,16H,1,5,7,10-12,15H2,2H3/b6-4+,9-8+. The third-order valence-electron chi connectivity index (χ3n) is 3.92. The van der Waals surface area contributed by atoms with Crippen LogP contribution in [0.4, 0.5) is 4.39 Å². The predicted octanol–water partition coefficient (Wildman–Crippen LogP) is 5.73. The molecule has 0 aliphatic carbocycles. The Hall–Kier alpha value is -2.62. The van der Waals surface area contributed by atoms with Crippen LogP contribution in [0.3, 0.4) is 0 Å². The predicted molar refractivity (Wildman–Crippen MR) is 104 cm³/mol. The quantitative estimate of drug-likeness (QED) is 0.403. The van der Waals surface area contributed by atoms with E-state index in [4.69, 9.17) is 9.15 Å². The summed E-state index contributed by atoms with van der Waals surface area (Å²) in [7, 11) is 0. The topological polar surface area (TPSA) is 39.4 Å². The number of halogens is 1. The van der Waals surface area contributed by atoms with E-state index >= 15 is 0 Å². The molecule has 0 saturated carbocycles. The van der Waals surface area contributed by atoms with Crippen molar-refractivity contribution < 1.29 is 13.5 Å². The van der Waals surface area contributed by atoms with Crippen LogP contribution in [0, 0.1) is 5.82 Å². The van der Waals surface area contributed by atoms with Crippen LogP contribution in [0.15, 0.2) is 64.4 Å². The maximum atomic E-state index is 14.6. The van der Waals surface area contributed by atoms with E-state index in [1.807, 2.05) is 37.3 Å². The van der Waals surface area contributed by atoms with Gasteiger partial charge < -0.3 is 9.15 Å². The number of unbranched alkanes of at least 4 members (excludes halogenated alkanes) is 1. The highest BCUT2D eigenvalue weighted by Gasteiger charge is 2.14. The Bertz CT molecular complexity index is 846. The van der Waals surface area contributed by atoms with Crippen LogP contribution < -0.4 is 10.4 Å². The minimum atomic E-state index is -0.662. The van der Waals surface area contributed by atoms with Gasteiger partial charge in [0.2, 0.25) is 0 Å². The van der Waals surface area contributed by atoms with Crippen molar-refractivity contribution >= 4 is 10.8 Å². The smallest absolute Gasteiger partial charge is 0.346 e. The van der Waals surface area contributed by atoms with Crippen LogP contribution in [-0.2, 0) is 6.42 Å². The molecule has 2 aromatic rings. The van der Waals surface area contributed by atoms with Crippen molar-refractivity contribution in [1.29, 1.82) is 0 Å². The first-order valence-electron chi connectivity index (χ1n) is 8.92. The van der Waals surface area contributed by atoms with Gasteiger partial charge in [-0.25, -0.2) is 9.18 Å². The lowest BCUT2D eigenvalue weighted by molar-refractivity contribution is 0.309. The highest BCUT2D eigenvalue weighted by molar-refractivity contribution is 5.83. The Morgan fingerprint density at radius 1 is 1.15 bits per heavy atom. The van der Waals surface area contributed by atoms with Crippen molar-refractivity contribution in [3.8, 4) is 5.75 Å². The molecule has 2 rings (SSSR count). The largest absolute Gasteiger partial charge is 0.490 e.